The molecule has 58 valence electrons. The van der Waals surface area contributed by atoms with E-state index in [1.165, 1.54) is 0 Å². The fourth-order valence-corrected chi connectivity index (χ4v) is 0.639. The average molecular weight is 143 g/mol. The maximum Gasteiger partial charge on any atom is 0.307 e. The minimum absolute atomic E-state index is 0.0746. The minimum Gasteiger partial charge on any atom is -0.449 e. The Kier molecular flexibility index (Phi) is 2.68. The Bertz CT molecular complexity index is 121. The summed E-state index contributed by atoms with van der Waals surface area (Å²) in [6.45, 7) is 4.64. The molecule has 0 aromatic heterocycles. The van der Waals surface area contributed by atoms with Gasteiger partial charge >= 0.3 is 5.97 Å². The summed E-state index contributed by atoms with van der Waals surface area (Å²) in [5.41, 5.74) is 0. The molecule has 0 aromatic rings. The van der Waals surface area contributed by atoms with E-state index in [-0.39, 0.29) is 5.97 Å². The maximum atomic E-state index is 10.7. The van der Waals surface area contributed by atoms with Crippen molar-refractivity contribution >= 4 is 5.97 Å². The molecule has 3 heteroatoms. The number of carbonyl (C=O) groups excluding carboxylic acids is 1. The van der Waals surface area contributed by atoms with Crippen molar-refractivity contribution in [1.82, 2.24) is 4.90 Å². The predicted octanol–water partition coefficient (Wildman–Crippen LogP) is 0.603. The quantitative estimate of drug-likeness (QED) is 0.426. The van der Waals surface area contributed by atoms with E-state index in [1.54, 1.807) is 0 Å². The van der Waals surface area contributed by atoms with Crippen LogP contribution in [0.3, 0.4) is 0 Å². The first-order valence-electron chi connectivity index (χ1n) is 3.71. The minimum atomic E-state index is -0.0746. The molecule has 0 bridgehead atoms. The Morgan fingerprint density at radius 3 is 2.80 bits per heavy atom. The van der Waals surface area contributed by atoms with Gasteiger partial charge in [0.25, 0.3) is 0 Å². The molecule has 0 spiro atoms. The summed E-state index contributed by atoms with van der Waals surface area (Å²) in [6, 6.07) is 0. The van der Waals surface area contributed by atoms with Gasteiger partial charge in [-0.2, -0.15) is 0 Å². The third kappa shape index (κ3) is 2.82. The van der Waals surface area contributed by atoms with Crippen LogP contribution in [0.5, 0.6) is 0 Å². The number of hydrogen-bond acceptors (Lipinski definition) is 3. The molecule has 1 aliphatic heterocycles. The van der Waals surface area contributed by atoms with Crippen molar-refractivity contribution in [2.45, 2.75) is 19.8 Å². The molecule has 1 fully saturated rings. The molecule has 1 rings (SSSR count). The molecule has 1 aliphatic rings. The largest absolute Gasteiger partial charge is 0.449 e. The van der Waals surface area contributed by atoms with Gasteiger partial charge in [-0.1, -0.05) is 6.92 Å². The molecule has 0 saturated carbocycles. The van der Waals surface area contributed by atoms with Crippen molar-refractivity contribution in [2.75, 3.05) is 19.8 Å². The number of nitrogens with zero attached hydrogens (tertiary/aromatic N) is 1. The monoisotopic (exact) mass is 143 g/mol. The van der Waals surface area contributed by atoms with Gasteiger partial charge in [0.2, 0.25) is 0 Å². The molecule has 0 atom stereocenters. The van der Waals surface area contributed by atoms with E-state index in [9.17, 15) is 4.79 Å². The molecule has 0 aliphatic carbocycles. The van der Waals surface area contributed by atoms with Crippen molar-refractivity contribution in [3.63, 3.8) is 0 Å². The standard InChI is InChI=1S/C7H13NO2/c1-2-3-7(9)10-6-8-4-5-8/h2-6H2,1H3. The lowest BCUT2D eigenvalue weighted by molar-refractivity contribution is -0.146. The summed E-state index contributed by atoms with van der Waals surface area (Å²) >= 11 is 0. The highest BCUT2D eigenvalue weighted by molar-refractivity contribution is 5.69. The summed E-state index contributed by atoms with van der Waals surface area (Å²) in [6.07, 6.45) is 1.42. The van der Waals surface area contributed by atoms with Gasteiger partial charge < -0.3 is 4.74 Å². The Morgan fingerprint density at radius 1 is 1.60 bits per heavy atom. The molecule has 0 radical (unpaired) electrons. The summed E-state index contributed by atoms with van der Waals surface area (Å²) in [4.78, 5) is 12.8. The van der Waals surface area contributed by atoms with Gasteiger partial charge in [0, 0.05) is 19.5 Å². The van der Waals surface area contributed by atoms with E-state index < -0.39 is 0 Å². The normalized spacial score (nSPS) is 16.9. The maximum absolute atomic E-state index is 10.7. The number of ether oxygens (including phenoxy) is 1. The van der Waals surface area contributed by atoms with Crippen molar-refractivity contribution in [1.29, 1.82) is 0 Å². The molecular formula is C7H13NO2. The molecule has 10 heavy (non-hydrogen) atoms. The highest BCUT2D eigenvalue weighted by Crippen LogP contribution is 2.02. The van der Waals surface area contributed by atoms with E-state index in [2.05, 4.69) is 4.90 Å². The van der Waals surface area contributed by atoms with Gasteiger partial charge in [0.1, 0.15) is 6.73 Å². The lowest BCUT2D eigenvalue weighted by Gasteiger charge is -2.02. The molecule has 1 heterocycles. The number of carbonyl (C=O) groups is 1. The topological polar surface area (TPSA) is 29.3 Å². The lowest BCUT2D eigenvalue weighted by atomic mass is 10.3. The second kappa shape index (κ2) is 3.56. The summed E-state index contributed by atoms with van der Waals surface area (Å²) in [5, 5.41) is 0. The van der Waals surface area contributed by atoms with E-state index in [0.717, 1.165) is 19.5 Å². The second-order valence-corrected chi connectivity index (χ2v) is 2.51. The van der Waals surface area contributed by atoms with Crippen molar-refractivity contribution in [2.24, 2.45) is 0 Å². The molecular weight excluding hydrogens is 130 g/mol. The van der Waals surface area contributed by atoms with Gasteiger partial charge in [0.15, 0.2) is 0 Å². The van der Waals surface area contributed by atoms with Gasteiger partial charge in [-0.25, -0.2) is 0 Å². The van der Waals surface area contributed by atoms with Crippen LogP contribution in [0.1, 0.15) is 19.8 Å². The van der Waals surface area contributed by atoms with Crippen LogP contribution in [0, 0.1) is 0 Å². The van der Waals surface area contributed by atoms with Gasteiger partial charge in [-0.3, -0.25) is 9.69 Å². The number of hydrogen-bond donors (Lipinski definition) is 0. The van der Waals surface area contributed by atoms with Crippen LogP contribution in [-0.4, -0.2) is 30.7 Å². The molecule has 1 saturated heterocycles. The fraction of sp³-hybridized carbons (Fsp3) is 0.857. The zero-order chi connectivity index (χ0) is 7.40. The Hall–Kier alpha value is -0.570. The third-order valence-electron chi connectivity index (χ3n) is 1.40. The highest BCUT2D eigenvalue weighted by atomic mass is 16.5. The zero-order valence-electron chi connectivity index (χ0n) is 6.30. The second-order valence-electron chi connectivity index (χ2n) is 2.51. The van der Waals surface area contributed by atoms with Crippen molar-refractivity contribution in [3.8, 4) is 0 Å². The molecule has 0 amide bonds. The smallest absolute Gasteiger partial charge is 0.307 e. The number of rotatable bonds is 4. The van der Waals surface area contributed by atoms with Crippen LogP contribution in [0.15, 0.2) is 0 Å². The number of esters is 1. The highest BCUT2D eigenvalue weighted by Gasteiger charge is 2.17. The van der Waals surface area contributed by atoms with Crippen LogP contribution >= 0.6 is 0 Å². The van der Waals surface area contributed by atoms with Crippen LogP contribution in [-0.2, 0) is 9.53 Å². The average Bonchev–Trinajstić information content (AvgIpc) is 2.67. The van der Waals surface area contributed by atoms with E-state index in [0.29, 0.717) is 13.2 Å². The lowest BCUT2D eigenvalue weighted by Crippen LogP contribution is -2.10. The van der Waals surface area contributed by atoms with Gasteiger partial charge in [-0.05, 0) is 6.42 Å². The fourth-order valence-electron chi connectivity index (χ4n) is 0.639. The van der Waals surface area contributed by atoms with Crippen LogP contribution in [0.4, 0.5) is 0 Å². The molecule has 0 N–H and O–H groups in total. The third-order valence-corrected chi connectivity index (χ3v) is 1.40. The van der Waals surface area contributed by atoms with E-state index in [1.807, 2.05) is 6.92 Å². The first-order chi connectivity index (χ1) is 4.83. The first kappa shape index (κ1) is 7.54. The molecule has 0 aromatic carbocycles. The predicted molar refractivity (Wildman–Crippen MR) is 37.4 cm³/mol. The van der Waals surface area contributed by atoms with E-state index >= 15 is 0 Å². The molecule has 0 unspecified atom stereocenters. The Balaban J connectivity index is 1.94. The van der Waals surface area contributed by atoms with Crippen LogP contribution in [0.2, 0.25) is 0 Å². The van der Waals surface area contributed by atoms with Gasteiger partial charge in [-0.15, -0.1) is 0 Å². The zero-order valence-corrected chi connectivity index (χ0v) is 6.30. The Labute approximate surface area is 61.0 Å². The Morgan fingerprint density at radius 2 is 2.30 bits per heavy atom. The molecule has 3 nitrogen and oxygen atoms in total. The SMILES string of the molecule is CCCC(=O)OCN1CC1. The van der Waals surface area contributed by atoms with Crippen LogP contribution in [0.25, 0.3) is 0 Å². The van der Waals surface area contributed by atoms with Crippen molar-refractivity contribution < 1.29 is 9.53 Å². The van der Waals surface area contributed by atoms with Gasteiger partial charge in [0.05, 0.1) is 0 Å². The summed E-state index contributed by atoms with van der Waals surface area (Å²) in [7, 11) is 0. The first-order valence-corrected chi connectivity index (χ1v) is 3.71. The van der Waals surface area contributed by atoms with E-state index in [4.69, 9.17) is 4.74 Å². The van der Waals surface area contributed by atoms with Crippen molar-refractivity contribution in [3.05, 3.63) is 0 Å². The summed E-state index contributed by atoms with van der Waals surface area (Å²) in [5.74, 6) is -0.0746. The summed E-state index contributed by atoms with van der Waals surface area (Å²) < 4.78 is 4.89. The van der Waals surface area contributed by atoms with Crippen LogP contribution < -0.4 is 0 Å².